The van der Waals surface area contributed by atoms with Crippen LogP contribution in [0.3, 0.4) is 0 Å². The molecule has 1 aromatic heterocycles. The third kappa shape index (κ3) is 5.57. The number of rotatable bonds is 6. The molecule has 0 aliphatic carbocycles. The lowest BCUT2D eigenvalue weighted by Crippen LogP contribution is -2.45. The van der Waals surface area contributed by atoms with Gasteiger partial charge in [0, 0.05) is 29.1 Å². The molecule has 2 unspecified atom stereocenters. The summed E-state index contributed by atoms with van der Waals surface area (Å²) in [5.41, 5.74) is 5.99. The van der Waals surface area contributed by atoms with Crippen LogP contribution in [0.4, 0.5) is 0 Å². The number of ether oxygens (including phenoxy) is 1. The zero-order valence-corrected chi connectivity index (χ0v) is 21.8. The summed E-state index contributed by atoms with van der Waals surface area (Å²) in [4.78, 5) is 20.4. The first-order valence-electron chi connectivity index (χ1n) is 12.4. The molecule has 1 aliphatic heterocycles. The Balaban J connectivity index is 1.64. The fourth-order valence-electron chi connectivity index (χ4n) is 5.02. The topological polar surface area (TPSA) is 54.5 Å². The quantitative estimate of drug-likeness (QED) is 0.472. The van der Waals surface area contributed by atoms with Crippen molar-refractivity contribution in [1.29, 1.82) is 0 Å². The van der Waals surface area contributed by atoms with E-state index in [4.69, 9.17) is 4.74 Å². The van der Waals surface area contributed by atoms with Gasteiger partial charge in [0.05, 0.1) is 19.3 Å². The number of likely N-dealkylation sites (tertiary alicyclic amines) is 1. The molecule has 3 aromatic rings. The molecular weight excluding hydrogens is 434 g/mol. The van der Waals surface area contributed by atoms with Crippen molar-refractivity contribution < 1.29 is 9.53 Å². The second-order valence-corrected chi connectivity index (χ2v) is 10.5. The zero-order valence-electron chi connectivity index (χ0n) is 21.8. The molecule has 0 saturated carbocycles. The van der Waals surface area contributed by atoms with Crippen molar-refractivity contribution in [2.45, 2.75) is 71.6 Å². The number of carbonyl (C=O) groups excluding carboxylic acids is 1. The van der Waals surface area contributed by atoms with Gasteiger partial charge in [0.2, 0.25) is 0 Å². The van der Waals surface area contributed by atoms with Crippen LogP contribution in [0, 0.1) is 13.8 Å². The van der Waals surface area contributed by atoms with Crippen LogP contribution >= 0.6 is 0 Å². The Morgan fingerprint density at radius 1 is 1.03 bits per heavy atom. The number of hydrogen-bond acceptors (Lipinski definition) is 4. The maximum Gasteiger partial charge on any atom is 0.255 e. The third-order valence-electron chi connectivity index (χ3n) is 6.81. The number of amides is 1. The number of hydrogen-bond donors (Lipinski definition) is 1. The van der Waals surface area contributed by atoms with Crippen molar-refractivity contribution >= 4 is 5.91 Å². The summed E-state index contributed by atoms with van der Waals surface area (Å²) in [5, 5.41) is 3.69. The minimum Gasteiger partial charge on any atom is -0.496 e. The first kappa shape index (κ1) is 24.9. The molecule has 4 rings (SSSR count). The Morgan fingerprint density at radius 3 is 2.34 bits per heavy atom. The van der Waals surface area contributed by atoms with E-state index in [0.29, 0.717) is 12.1 Å². The normalized spacial score (nSPS) is 18.1. The number of aryl methyl sites for hydroxylation is 2. The van der Waals surface area contributed by atoms with E-state index in [9.17, 15) is 4.79 Å². The van der Waals surface area contributed by atoms with Crippen LogP contribution in [-0.2, 0) is 12.0 Å². The molecular formula is C30H37N3O2. The fourth-order valence-corrected chi connectivity index (χ4v) is 5.02. The number of pyridine rings is 1. The van der Waals surface area contributed by atoms with Gasteiger partial charge in [-0.25, -0.2) is 0 Å². The average Bonchev–Trinajstić information content (AvgIpc) is 3.25. The first-order valence-corrected chi connectivity index (χ1v) is 12.4. The van der Waals surface area contributed by atoms with Crippen LogP contribution in [0.2, 0.25) is 0 Å². The molecule has 184 valence electrons. The van der Waals surface area contributed by atoms with Gasteiger partial charge >= 0.3 is 0 Å². The Hall–Kier alpha value is -3.18. The van der Waals surface area contributed by atoms with Crippen LogP contribution in [-0.4, -0.2) is 29.1 Å². The van der Waals surface area contributed by atoms with Gasteiger partial charge in [-0.05, 0) is 61.4 Å². The van der Waals surface area contributed by atoms with Crippen molar-refractivity contribution in [1.82, 2.24) is 15.2 Å². The van der Waals surface area contributed by atoms with Crippen LogP contribution in [0.5, 0.6) is 5.75 Å². The summed E-state index contributed by atoms with van der Waals surface area (Å²) in [6.45, 7) is 11.1. The highest BCUT2D eigenvalue weighted by Crippen LogP contribution is 2.37. The van der Waals surface area contributed by atoms with E-state index in [-0.39, 0.29) is 23.5 Å². The van der Waals surface area contributed by atoms with Crippen molar-refractivity contribution in [3.05, 3.63) is 94.3 Å². The van der Waals surface area contributed by atoms with Crippen molar-refractivity contribution in [2.24, 2.45) is 0 Å². The standard InChI is InChI=1S/C30H37N3O2/c1-20-16-23(17-21(2)32-20)29(34)33-26(22-10-8-7-9-11-22)13-15-28(33)31-19-24-18-25(30(3,4)5)12-14-27(24)35-6/h7-12,14,16-18,26,28,31H,13,15,19H2,1-6H3. The average molecular weight is 472 g/mol. The van der Waals surface area contributed by atoms with Gasteiger partial charge in [0.25, 0.3) is 5.91 Å². The van der Waals surface area contributed by atoms with Gasteiger partial charge in [-0.15, -0.1) is 0 Å². The molecule has 1 amide bonds. The van der Waals surface area contributed by atoms with Crippen LogP contribution in [0.15, 0.2) is 60.7 Å². The SMILES string of the molecule is COc1ccc(C(C)(C)C)cc1CNC1CCC(c2ccccc2)N1C(=O)c1cc(C)nc(C)c1. The van der Waals surface area contributed by atoms with Gasteiger partial charge in [0.15, 0.2) is 0 Å². The highest BCUT2D eigenvalue weighted by Gasteiger charge is 2.38. The molecule has 1 fully saturated rings. The number of nitrogens with one attached hydrogen (secondary N) is 1. The van der Waals surface area contributed by atoms with Crippen LogP contribution in [0.25, 0.3) is 0 Å². The van der Waals surface area contributed by atoms with Crippen LogP contribution < -0.4 is 10.1 Å². The minimum atomic E-state index is -0.0792. The fraction of sp³-hybridized carbons (Fsp3) is 0.400. The lowest BCUT2D eigenvalue weighted by molar-refractivity contribution is 0.0631. The van der Waals surface area contributed by atoms with Gasteiger partial charge < -0.3 is 9.64 Å². The lowest BCUT2D eigenvalue weighted by atomic mass is 9.86. The number of benzene rings is 2. The number of nitrogens with zero attached hydrogens (tertiary/aromatic N) is 2. The molecule has 5 nitrogen and oxygen atoms in total. The molecule has 0 bridgehead atoms. The maximum atomic E-state index is 13.9. The molecule has 1 saturated heterocycles. The Kier molecular flexibility index (Phi) is 7.27. The molecule has 0 radical (unpaired) electrons. The van der Waals surface area contributed by atoms with E-state index in [1.54, 1.807) is 7.11 Å². The van der Waals surface area contributed by atoms with Crippen molar-refractivity contribution in [3.63, 3.8) is 0 Å². The Bertz CT molecular complexity index is 1160. The molecule has 35 heavy (non-hydrogen) atoms. The number of aromatic nitrogens is 1. The van der Waals surface area contributed by atoms with E-state index >= 15 is 0 Å². The van der Waals surface area contributed by atoms with Gasteiger partial charge in [-0.2, -0.15) is 0 Å². The number of carbonyl (C=O) groups is 1. The molecule has 1 N–H and O–H groups in total. The summed E-state index contributed by atoms with van der Waals surface area (Å²) >= 11 is 0. The van der Waals surface area contributed by atoms with E-state index in [1.807, 2.05) is 55.1 Å². The zero-order chi connectivity index (χ0) is 25.2. The summed E-state index contributed by atoms with van der Waals surface area (Å²) in [5.74, 6) is 0.902. The summed E-state index contributed by atoms with van der Waals surface area (Å²) < 4.78 is 5.66. The highest BCUT2D eigenvalue weighted by molar-refractivity contribution is 5.95. The van der Waals surface area contributed by atoms with Crippen LogP contribution in [0.1, 0.15) is 78.1 Å². The lowest BCUT2D eigenvalue weighted by Gasteiger charge is -2.32. The Labute approximate surface area is 209 Å². The van der Waals surface area contributed by atoms with Crippen molar-refractivity contribution in [2.75, 3.05) is 7.11 Å². The van der Waals surface area contributed by atoms with E-state index in [2.05, 4.69) is 55.3 Å². The van der Waals surface area contributed by atoms with Gasteiger partial charge in [-0.3, -0.25) is 15.1 Å². The van der Waals surface area contributed by atoms with E-state index in [1.165, 1.54) is 11.1 Å². The molecule has 1 aliphatic rings. The Morgan fingerprint density at radius 2 is 1.71 bits per heavy atom. The van der Waals surface area contributed by atoms with E-state index < -0.39 is 0 Å². The van der Waals surface area contributed by atoms with Gasteiger partial charge in [0.1, 0.15) is 5.75 Å². The molecule has 0 spiro atoms. The second-order valence-electron chi connectivity index (χ2n) is 10.5. The number of methoxy groups -OCH3 is 1. The summed E-state index contributed by atoms with van der Waals surface area (Å²) in [6.07, 6.45) is 1.72. The monoisotopic (exact) mass is 471 g/mol. The molecule has 2 atom stereocenters. The summed E-state index contributed by atoms with van der Waals surface area (Å²) in [7, 11) is 1.71. The first-order chi connectivity index (χ1) is 16.7. The summed E-state index contributed by atoms with van der Waals surface area (Å²) in [6, 6.07) is 20.5. The smallest absolute Gasteiger partial charge is 0.255 e. The van der Waals surface area contributed by atoms with Crippen molar-refractivity contribution in [3.8, 4) is 5.75 Å². The highest BCUT2D eigenvalue weighted by atomic mass is 16.5. The predicted octanol–water partition coefficient (Wildman–Crippen LogP) is 6.10. The molecule has 5 heteroatoms. The predicted molar refractivity (Wildman–Crippen MR) is 141 cm³/mol. The van der Waals surface area contributed by atoms with E-state index in [0.717, 1.165) is 35.5 Å². The largest absolute Gasteiger partial charge is 0.496 e. The second kappa shape index (κ2) is 10.2. The third-order valence-corrected chi connectivity index (χ3v) is 6.81. The van der Waals surface area contributed by atoms with Gasteiger partial charge in [-0.1, -0.05) is 63.2 Å². The molecule has 2 heterocycles. The molecule has 2 aromatic carbocycles. The maximum absolute atomic E-state index is 13.9. The minimum absolute atomic E-state index is 0.0257.